The summed E-state index contributed by atoms with van der Waals surface area (Å²) in [5.41, 5.74) is 8.80. The molecule has 2 N–H and O–H groups in total. The van der Waals surface area contributed by atoms with Crippen LogP contribution in [0.15, 0.2) is 66.9 Å². The van der Waals surface area contributed by atoms with Crippen LogP contribution in [0.1, 0.15) is 36.5 Å². The highest BCUT2D eigenvalue weighted by Gasteiger charge is 2.37. The number of carbonyl (C=O) groups is 1. The minimum Gasteiger partial charge on any atom is -0.489 e. The summed E-state index contributed by atoms with van der Waals surface area (Å²) in [7, 11) is -3.57. The summed E-state index contributed by atoms with van der Waals surface area (Å²) in [6.45, 7) is 2.16. The highest BCUT2D eigenvalue weighted by molar-refractivity contribution is 7.91. The second kappa shape index (κ2) is 10.6. The predicted molar refractivity (Wildman–Crippen MR) is 144 cm³/mol. The minimum absolute atomic E-state index is 0.0416. The van der Waals surface area contributed by atoms with E-state index in [1.165, 1.54) is 10.2 Å². The van der Waals surface area contributed by atoms with Gasteiger partial charge < -0.3 is 15.2 Å². The maximum atomic E-state index is 15.4. The zero-order valence-corrected chi connectivity index (χ0v) is 21.8. The molecule has 0 bridgehead atoms. The van der Waals surface area contributed by atoms with Gasteiger partial charge in [0.05, 0.1) is 23.8 Å². The molecule has 7 nitrogen and oxygen atoms in total. The Kier molecular flexibility index (Phi) is 7.23. The van der Waals surface area contributed by atoms with E-state index in [0.29, 0.717) is 57.3 Å². The fourth-order valence-electron chi connectivity index (χ4n) is 4.60. The molecule has 1 saturated carbocycles. The molecular formula is C29H29FN2O5S. The normalized spacial score (nSPS) is 13.6. The number of esters is 1. The number of benzene rings is 3. The van der Waals surface area contributed by atoms with Crippen LogP contribution in [0, 0.1) is 5.82 Å². The van der Waals surface area contributed by atoms with Crippen molar-refractivity contribution in [3.63, 3.8) is 0 Å². The number of nitrogens with two attached hydrogens (primary N) is 1. The fraction of sp³-hybridized carbons (Fsp3) is 0.276. The van der Waals surface area contributed by atoms with Gasteiger partial charge >= 0.3 is 5.97 Å². The van der Waals surface area contributed by atoms with Crippen LogP contribution < -0.4 is 10.5 Å². The number of nitrogens with zero attached hydrogens (tertiary/aromatic N) is 1. The number of rotatable bonds is 10. The van der Waals surface area contributed by atoms with E-state index in [4.69, 9.17) is 15.2 Å². The Hall–Kier alpha value is -3.69. The molecule has 4 aromatic rings. The number of aromatic nitrogens is 1. The van der Waals surface area contributed by atoms with E-state index < -0.39 is 21.1 Å². The van der Waals surface area contributed by atoms with Crippen molar-refractivity contribution in [1.82, 2.24) is 3.97 Å². The minimum atomic E-state index is -3.57. The van der Waals surface area contributed by atoms with Crippen LogP contribution in [0.25, 0.3) is 22.0 Å². The van der Waals surface area contributed by atoms with Gasteiger partial charge in [-0.2, -0.15) is 0 Å². The summed E-state index contributed by atoms with van der Waals surface area (Å²) in [6.07, 6.45) is 2.85. The molecule has 0 aliphatic heterocycles. The van der Waals surface area contributed by atoms with Crippen LogP contribution in [0.2, 0.25) is 0 Å². The first-order chi connectivity index (χ1) is 18.3. The van der Waals surface area contributed by atoms with Gasteiger partial charge in [-0.15, -0.1) is 0 Å². The maximum absolute atomic E-state index is 15.4. The lowest BCUT2D eigenvalue weighted by molar-refractivity contribution is -0.142. The average Bonchev–Trinajstić information content (AvgIpc) is 3.68. The van der Waals surface area contributed by atoms with Gasteiger partial charge in [0.2, 0.25) is 10.0 Å². The molecular weight excluding hydrogens is 507 g/mol. The number of carbonyl (C=O) groups excluding carboxylic acids is 1. The van der Waals surface area contributed by atoms with Crippen molar-refractivity contribution in [2.45, 2.75) is 44.6 Å². The van der Waals surface area contributed by atoms with Crippen LogP contribution in [0.5, 0.6) is 5.75 Å². The lowest BCUT2D eigenvalue weighted by Crippen LogP contribution is -2.16. The van der Waals surface area contributed by atoms with Crippen LogP contribution >= 0.6 is 0 Å². The van der Waals surface area contributed by atoms with E-state index in [-0.39, 0.29) is 32.1 Å². The van der Waals surface area contributed by atoms with Gasteiger partial charge in [0.25, 0.3) is 0 Å². The average molecular weight is 537 g/mol. The number of fused-ring (bicyclic) bond motifs is 1. The van der Waals surface area contributed by atoms with Crippen molar-refractivity contribution in [2.75, 3.05) is 6.61 Å². The molecule has 1 aliphatic carbocycles. The Balaban J connectivity index is 1.57. The summed E-state index contributed by atoms with van der Waals surface area (Å²) in [4.78, 5) is 12.1. The molecule has 38 heavy (non-hydrogen) atoms. The summed E-state index contributed by atoms with van der Waals surface area (Å²) in [5, 5.41) is 0.210. The van der Waals surface area contributed by atoms with Gasteiger partial charge in [0, 0.05) is 34.8 Å². The molecule has 0 amide bonds. The van der Waals surface area contributed by atoms with Gasteiger partial charge in [0.1, 0.15) is 18.2 Å². The van der Waals surface area contributed by atoms with Gasteiger partial charge in [-0.1, -0.05) is 36.4 Å². The zero-order valence-electron chi connectivity index (χ0n) is 21.0. The third kappa shape index (κ3) is 5.04. The van der Waals surface area contributed by atoms with E-state index in [9.17, 15) is 13.2 Å². The zero-order chi connectivity index (χ0) is 26.9. The Morgan fingerprint density at radius 2 is 1.82 bits per heavy atom. The SMILES string of the molecule is CCOC(=O)Cc1ccccc1OCc1cc(-c2cccc(CN)c2F)c2ccn(S(=O)(=O)C3CC3)c2c1. The van der Waals surface area contributed by atoms with E-state index in [1.54, 1.807) is 55.5 Å². The van der Waals surface area contributed by atoms with Gasteiger partial charge in [0.15, 0.2) is 0 Å². The van der Waals surface area contributed by atoms with E-state index in [1.807, 2.05) is 12.1 Å². The molecule has 1 heterocycles. The number of ether oxygens (including phenoxy) is 2. The largest absolute Gasteiger partial charge is 0.489 e. The molecule has 1 fully saturated rings. The smallest absolute Gasteiger partial charge is 0.310 e. The quantitative estimate of drug-likeness (QED) is 0.289. The van der Waals surface area contributed by atoms with Crippen LogP contribution in [0.3, 0.4) is 0 Å². The first-order valence-electron chi connectivity index (χ1n) is 12.6. The topological polar surface area (TPSA) is 101 Å². The van der Waals surface area contributed by atoms with E-state index in [2.05, 4.69) is 0 Å². The molecule has 198 valence electrons. The maximum Gasteiger partial charge on any atom is 0.310 e. The summed E-state index contributed by atoms with van der Waals surface area (Å²) in [5.74, 6) is -0.280. The highest BCUT2D eigenvalue weighted by Crippen LogP contribution is 2.37. The van der Waals surface area contributed by atoms with Crippen molar-refractivity contribution in [1.29, 1.82) is 0 Å². The molecule has 1 aliphatic rings. The fourth-order valence-corrected chi connectivity index (χ4v) is 6.30. The first-order valence-corrected chi connectivity index (χ1v) is 14.1. The van der Waals surface area contributed by atoms with Crippen LogP contribution in [-0.4, -0.2) is 30.2 Å². The number of hydrogen-bond donors (Lipinski definition) is 1. The Morgan fingerprint density at radius 1 is 1.05 bits per heavy atom. The standard InChI is InChI=1S/C29H29FN2O5S/c1-2-36-28(33)16-20-6-3-4-9-27(20)37-18-19-14-25(24-8-5-7-21(17-31)29(24)30)23-12-13-32(26(23)15-19)38(34,35)22-10-11-22/h3-9,12-15,22H,2,10-11,16-18,31H2,1H3. The summed E-state index contributed by atoms with van der Waals surface area (Å²) >= 11 is 0. The van der Waals surface area contributed by atoms with Crippen molar-refractivity contribution in [3.8, 4) is 16.9 Å². The molecule has 1 aromatic heterocycles. The Bertz CT molecular complexity index is 1610. The van der Waals surface area contributed by atoms with Gasteiger partial charge in [-0.3, -0.25) is 4.79 Å². The molecule has 0 unspecified atom stereocenters. The Morgan fingerprint density at radius 3 is 2.55 bits per heavy atom. The molecule has 0 atom stereocenters. The van der Waals surface area contributed by atoms with Crippen LogP contribution in [-0.2, 0) is 39.1 Å². The van der Waals surface area contributed by atoms with Crippen LogP contribution in [0.4, 0.5) is 4.39 Å². The second-order valence-corrected chi connectivity index (χ2v) is 11.4. The van der Waals surface area contributed by atoms with Gasteiger partial charge in [-0.25, -0.2) is 16.8 Å². The van der Waals surface area contributed by atoms with Crippen molar-refractivity contribution >= 4 is 26.9 Å². The summed E-state index contributed by atoms with van der Waals surface area (Å²) in [6, 6.07) is 17.5. The molecule has 3 aromatic carbocycles. The second-order valence-electron chi connectivity index (χ2n) is 9.29. The monoisotopic (exact) mass is 536 g/mol. The lowest BCUT2D eigenvalue weighted by atomic mass is 9.97. The van der Waals surface area contributed by atoms with E-state index >= 15 is 4.39 Å². The first kappa shape index (κ1) is 25.9. The number of halogens is 1. The third-order valence-corrected chi connectivity index (χ3v) is 8.83. The Labute approximate surface area is 221 Å². The van der Waals surface area contributed by atoms with Crippen molar-refractivity contribution in [3.05, 3.63) is 89.4 Å². The lowest BCUT2D eigenvalue weighted by Gasteiger charge is -2.15. The van der Waals surface area contributed by atoms with E-state index in [0.717, 1.165) is 0 Å². The number of para-hydroxylation sites is 1. The van der Waals surface area contributed by atoms with Gasteiger partial charge in [-0.05, 0) is 55.2 Å². The molecule has 9 heteroatoms. The molecule has 5 rings (SSSR count). The highest BCUT2D eigenvalue weighted by atomic mass is 32.2. The third-order valence-electron chi connectivity index (χ3n) is 6.65. The molecule has 0 spiro atoms. The number of hydrogen-bond acceptors (Lipinski definition) is 6. The van der Waals surface area contributed by atoms with Crippen molar-refractivity contribution < 1.29 is 27.1 Å². The molecule has 0 radical (unpaired) electrons. The van der Waals surface area contributed by atoms with Crippen molar-refractivity contribution in [2.24, 2.45) is 5.73 Å². The predicted octanol–water partition coefficient (Wildman–Crippen LogP) is 4.93. The molecule has 0 saturated heterocycles. The summed E-state index contributed by atoms with van der Waals surface area (Å²) < 4.78 is 54.2.